The summed E-state index contributed by atoms with van der Waals surface area (Å²) in [5.41, 5.74) is 2.67. The molecule has 2 aromatic rings. The molecule has 0 saturated heterocycles. The summed E-state index contributed by atoms with van der Waals surface area (Å²) in [6.45, 7) is 4.21. The van der Waals surface area contributed by atoms with Crippen molar-refractivity contribution < 1.29 is 0 Å². The fourth-order valence-electron chi connectivity index (χ4n) is 1.79. The molecule has 0 radical (unpaired) electrons. The van der Waals surface area contributed by atoms with Crippen molar-refractivity contribution in [2.24, 2.45) is 0 Å². The van der Waals surface area contributed by atoms with E-state index in [1.165, 1.54) is 21.9 Å². The SMILES string of the molecule is C/C=C\c1c(C)ccc2ccccc12. The second-order valence-electron chi connectivity index (χ2n) is 3.52. The molecule has 0 bridgehead atoms. The number of benzene rings is 2. The molecule has 0 nitrogen and oxygen atoms in total. The van der Waals surface area contributed by atoms with Crippen molar-refractivity contribution >= 4 is 16.8 Å². The van der Waals surface area contributed by atoms with Gasteiger partial charge in [-0.1, -0.05) is 48.6 Å². The predicted octanol–water partition coefficient (Wildman–Crippen LogP) is 4.18. The third kappa shape index (κ3) is 1.44. The second-order valence-corrected chi connectivity index (χ2v) is 3.52. The molecule has 0 aliphatic rings. The minimum Gasteiger partial charge on any atom is -0.0870 e. The molecular formula is C14H14. The van der Waals surface area contributed by atoms with Gasteiger partial charge in [0.05, 0.1) is 0 Å². The molecule has 0 spiro atoms. The van der Waals surface area contributed by atoms with Gasteiger partial charge in [0.25, 0.3) is 0 Å². The Morgan fingerprint density at radius 3 is 2.57 bits per heavy atom. The van der Waals surface area contributed by atoms with Crippen molar-refractivity contribution in [1.29, 1.82) is 0 Å². The van der Waals surface area contributed by atoms with E-state index in [0.717, 1.165) is 0 Å². The highest BCUT2D eigenvalue weighted by atomic mass is 14.0. The molecule has 14 heavy (non-hydrogen) atoms. The normalized spacial score (nSPS) is 11.3. The minimum atomic E-state index is 1.31. The molecule has 0 aliphatic carbocycles. The summed E-state index contributed by atoms with van der Waals surface area (Å²) < 4.78 is 0. The molecule has 0 amide bonds. The van der Waals surface area contributed by atoms with Crippen LogP contribution in [0.4, 0.5) is 0 Å². The number of hydrogen-bond donors (Lipinski definition) is 0. The number of fused-ring (bicyclic) bond motifs is 1. The number of aryl methyl sites for hydroxylation is 1. The highest BCUT2D eigenvalue weighted by Gasteiger charge is 1.99. The Hall–Kier alpha value is -1.56. The van der Waals surface area contributed by atoms with Crippen molar-refractivity contribution in [2.75, 3.05) is 0 Å². The lowest BCUT2D eigenvalue weighted by molar-refractivity contribution is 1.47. The van der Waals surface area contributed by atoms with Crippen LogP contribution in [-0.4, -0.2) is 0 Å². The molecular weight excluding hydrogens is 168 g/mol. The molecule has 0 unspecified atom stereocenters. The molecule has 0 N–H and O–H groups in total. The van der Waals surface area contributed by atoms with Gasteiger partial charge in [0, 0.05) is 0 Å². The van der Waals surface area contributed by atoms with Crippen LogP contribution in [0.1, 0.15) is 18.1 Å². The van der Waals surface area contributed by atoms with Gasteiger partial charge < -0.3 is 0 Å². The summed E-state index contributed by atoms with van der Waals surface area (Å²) in [6.07, 6.45) is 4.27. The van der Waals surface area contributed by atoms with Crippen LogP contribution < -0.4 is 0 Å². The Bertz CT molecular complexity index is 478. The summed E-state index contributed by atoms with van der Waals surface area (Å²) in [5.74, 6) is 0. The van der Waals surface area contributed by atoms with E-state index in [0.29, 0.717) is 0 Å². The van der Waals surface area contributed by atoms with Gasteiger partial charge in [-0.2, -0.15) is 0 Å². The van der Waals surface area contributed by atoms with Gasteiger partial charge in [-0.05, 0) is 35.7 Å². The van der Waals surface area contributed by atoms with Gasteiger partial charge in [0.1, 0.15) is 0 Å². The van der Waals surface area contributed by atoms with Crippen molar-refractivity contribution in [3.05, 3.63) is 53.6 Å². The Labute approximate surface area is 84.9 Å². The van der Waals surface area contributed by atoms with E-state index in [1.54, 1.807) is 0 Å². The minimum absolute atomic E-state index is 1.31. The molecule has 0 atom stereocenters. The van der Waals surface area contributed by atoms with E-state index in [1.807, 2.05) is 0 Å². The molecule has 0 aromatic heterocycles. The quantitative estimate of drug-likeness (QED) is 0.620. The average molecular weight is 182 g/mol. The van der Waals surface area contributed by atoms with Crippen molar-refractivity contribution in [2.45, 2.75) is 13.8 Å². The third-order valence-electron chi connectivity index (χ3n) is 2.52. The summed E-state index contributed by atoms with van der Waals surface area (Å²) in [7, 11) is 0. The Morgan fingerprint density at radius 2 is 1.79 bits per heavy atom. The van der Waals surface area contributed by atoms with Gasteiger partial charge in [0.15, 0.2) is 0 Å². The number of rotatable bonds is 1. The monoisotopic (exact) mass is 182 g/mol. The molecule has 0 heterocycles. The van der Waals surface area contributed by atoms with Crippen LogP contribution >= 0.6 is 0 Å². The van der Waals surface area contributed by atoms with Crippen LogP contribution in [0.2, 0.25) is 0 Å². The zero-order valence-corrected chi connectivity index (χ0v) is 8.62. The largest absolute Gasteiger partial charge is 0.0870 e. The van der Waals surface area contributed by atoms with E-state index < -0.39 is 0 Å². The van der Waals surface area contributed by atoms with Crippen molar-refractivity contribution in [1.82, 2.24) is 0 Å². The molecule has 2 rings (SSSR count). The molecule has 0 heteroatoms. The first kappa shape index (κ1) is 9.01. The van der Waals surface area contributed by atoms with E-state index in [-0.39, 0.29) is 0 Å². The fraction of sp³-hybridized carbons (Fsp3) is 0.143. The van der Waals surface area contributed by atoms with Gasteiger partial charge in [-0.15, -0.1) is 0 Å². The first-order valence-electron chi connectivity index (χ1n) is 4.94. The van der Waals surface area contributed by atoms with Crippen LogP contribution in [-0.2, 0) is 0 Å². The van der Waals surface area contributed by atoms with Gasteiger partial charge in [-0.25, -0.2) is 0 Å². The summed E-state index contributed by atoms with van der Waals surface area (Å²) in [5, 5.41) is 2.65. The van der Waals surface area contributed by atoms with Crippen LogP contribution in [0, 0.1) is 6.92 Å². The lowest BCUT2D eigenvalue weighted by atomic mass is 9.99. The summed E-state index contributed by atoms with van der Waals surface area (Å²) in [4.78, 5) is 0. The molecule has 0 saturated carbocycles. The molecule has 0 fully saturated rings. The van der Waals surface area contributed by atoms with Gasteiger partial charge >= 0.3 is 0 Å². The zero-order valence-electron chi connectivity index (χ0n) is 8.62. The lowest BCUT2D eigenvalue weighted by Gasteiger charge is -2.05. The fourth-order valence-corrected chi connectivity index (χ4v) is 1.79. The Morgan fingerprint density at radius 1 is 1.00 bits per heavy atom. The highest BCUT2D eigenvalue weighted by molar-refractivity contribution is 5.91. The zero-order chi connectivity index (χ0) is 9.97. The van der Waals surface area contributed by atoms with E-state index >= 15 is 0 Å². The van der Waals surface area contributed by atoms with Crippen LogP contribution in [0.3, 0.4) is 0 Å². The Kier molecular flexibility index (Phi) is 2.36. The molecule has 0 aliphatic heterocycles. The maximum absolute atomic E-state index is 2.18. The van der Waals surface area contributed by atoms with E-state index in [4.69, 9.17) is 0 Å². The molecule has 2 aromatic carbocycles. The van der Waals surface area contributed by atoms with Crippen LogP contribution in [0.25, 0.3) is 16.8 Å². The van der Waals surface area contributed by atoms with Gasteiger partial charge in [-0.3, -0.25) is 0 Å². The average Bonchev–Trinajstić information content (AvgIpc) is 2.23. The van der Waals surface area contributed by atoms with Crippen LogP contribution in [0.15, 0.2) is 42.5 Å². The Balaban J connectivity index is 2.82. The van der Waals surface area contributed by atoms with Gasteiger partial charge in [0.2, 0.25) is 0 Å². The topological polar surface area (TPSA) is 0 Å². The highest BCUT2D eigenvalue weighted by Crippen LogP contribution is 2.23. The summed E-state index contributed by atoms with van der Waals surface area (Å²) >= 11 is 0. The maximum Gasteiger partial charge on any atom is -0.0109 e. The van der Waals surface area contributed by atoms with Crippen molar-refractivity contribution in [3.8, 4) is 0 Å². The summed E-state index contributed by atoms with van der Waals surface area (Å²) in [6, 6.07) is 12.9. The first-order valence-corrected chi connectivity index (χ1v) is 4.94. The number of allylic oxidation sites excluding steroid dienone is 1. The van der Waals surface area contributed by atoms with Crippen LogP contribution in [0.5, 0.6) is 0 Å². The predicted molar refractivity (Wildman–Crippen MR) is 63.4 cm³/mol. The van der Waals surface area contributed by atoms with Crippen molar-refractivity contribution in [3.63, 3.8) is 0 Å². The standard InChI is InChI=1S/C14H14/c1-3-6-13-11(2)9-10-12-7-4-5-8-14(12)13/h3-10H,1-2H3/b6-3-. The second kappa shape index (κ2) is 3.67. The van der Waals surface area contributed by atoms with E-state index in [9.17, 15) is 0 Å². The maximum atomic E-state index is 2.18. The lowest BCUT2D eigenvalue weighted by Crippen LogP contribution is -1.83. The smallest absolute Gasteiger partial charge is 0.0109 e. The number of hydrogen-bond acceptors (Lipinski definition) is 0. The third-order valence-corrected chi connectivity index (χ3v) is 2.52. The first-order chi connectivity index (χ1) is 6.83. The van der Waals surface area contributed by atoms with E-state index in [2.05, 4.69) is 62.4 Å². The molecule has 70 valence electrons.